The van der Waals surface area contributed by atoms with E-state index in [0.29, 0.717) is 9.92 Å². The number of halogens is 3. The van der Waals surface area contributed by atoms with Gasteiger partial charge >= 0.3 is 0 Å². The van der Waals surface area contributed by atoms with Gasteiger partial charge in [0, 0.05) is 24.0 Å². The van der Waals surface area contributed by atoms with Gasteiger partial charge in [0.2, 0.25) is 11.8 Å². The molecule has 2 aromatic rings. The zero-order chi connectivity index (χ0) is 29.4. The first-order valence-electron chi connectivity index (χ1n) is 12.6. The molecule has 12 heteroatoms. The van der Waals surface area contributed by atoms with Gasteiger partial charge in [-0.1, -0.05) is 49.2 Å². The fourth-order valence-electron chi connectivity index (χ4n) is 4.59. The van der Waals surface area contributed by atoms with Crippen LogP contribution in [0, 0.1) is 5.82 Å². The van der Waals surface area contributed by atoms with Crippen molar-refractivity contribution in [1.82, 2.24) is 19.4 Å². The van der Waals surface area contributed by atoms with Gasteiger partial charge in [-0.2, -0.15) is 4.31 Å². The Balaban J connectivity index is 0.00000127. The first-order valence-corrected chi connectivity index (χ1v) is 14.5. The molecule has 2 aliphatic rings. The molecule has 2 amide bonds. The SMILES string of the molecule is C=O.CC.CNC1CN(S(=O)c2ccc(Cl)cc2Cl)C2CN(C(C)C)C(=O)C(Cc3ccc(F)cc3)N2C1=O. The number of nitrogens with zero attached hydrogens (tertiary/aromatic N) is 3. The number of amides is 2. The standard InChI is InChI=1S/C24H27Cl2FN4O3S.C2H6.CH2O/c1-14(2)29-13-22-30(35(34)21-9-6-16(25)11-18(21)26)12-19(28-3)23(32)31(22)20(24(29)33)10-15-4-7-17(27)8-5-15;2*1-2/h4-9,11,14,19-20,22,28H,10,12-13H2,1-3H3;1-2H3;1H2. The van der Waals surface area contributed by atoms with Crippen molar-refractivity contribution in [2.24, 2.45) is 0 Å². The lowest BCUT2D eigenvalue weighted by atomic mass is 9.96. The minimum atomic E-state index is -1.73. The second-order valence-electron chi connectivity index (χ2n) is 8.92. The molecular formula is C27H35Cl2FN4O4S. The molecule has 4 atom stereocenters. The highest BCUT2D eigenvalue weighted by Gasteiger charge is 2.52. The van der Waals surface area contributed by atoms with Crippen LogP contribution in [0.5, 0.6) is 0 Å². The number of rotatable bonds is 6. The molecule has 2 saturated heterocycles. The van der Waals surface area contributed by atoms with Crippen molar-refractivity contribution in [2.45, 2.75) is 63.3 Å². The number of hydrogen-bond acceptors (Lipinski definition) is 5. The highest BCUT2D eigenvalue weighted by molar-refractivity contribution is 7.82. The van der Waals surface area contributed by atoms with Gasteiger partial charge in [0.1, 0.15) is 41.8 Å². The van der Waals surface area contributed by atoms with E-state index in [-0.39, 0.29) is 48.2 Å². The highest BCUT2D eigenvalue weighted by atomic mass is 35.5. The van der Waals surface area contributed by atoms with Gasteiger partial charge in [0.15, 0.2) is 0 Å². The van der Waals surface area contributed by atoms with Crippen molar-refractivity contribution >= 4 is 52.8 Å². The van der Waals surface area contributed by atoms with Crippen LogP contribution in [0.4, 0.5) is 4.39 Å². The molecule has 2 fully saturated rings. The molecule has 4 rings (SSSR count). The number of piperazine rings is 1. The fourth-order valence-corrected chi connectivity index (χ4v) is 6.54. The molecule has 0 radical (unpaired) electrons. The minimum absolute atomic E-state index is 0.133. The maximum absolute atomic E-state index is 13.8. The molecular weight excluding hydrogens is 566 g/mol. The summed E-state index contributed by atoms with van der Waals surface area (Å²) in [7, 11) is -0.0747. The van der Waals surface area contributed by atoms with Crippen molar-refractivity contribution in [2.75, 3.05) is 20.1 Å². The Morgan fingerprint density at radius 2 is 1.67 bits per heavy atom. The van der Waals surface area contributed by atoms with Crippen LogP contribution in [-0.2, 0) is 31.8 Å². The van der Waals surface area contributed by atoms with Crippen LogP contribution in [0.15, 0.2) is 47.4 Å². The molecule has 8 nitrogen and oxygen atoms in total. The topological polar surface area (TPSA) is 90.0 Å². The molecule has 2 heterocycles. The Kier molecular flexibility index (Phi) is 12.5. The largest absolute Gasteiger partial charge is 0.335 e. The summed E-state index contributed by atoms with van der Waals surface area (Å²) >= 11 is 12.4. The number of carbonyl (C=O) groups excluding carboxylic acids is 3. The van der Waals surface area contributed by atoms with E-state index >= 15 is 0 Å². The van der Waals surface area contributed by atoms with Crippen LogP contribution in [-0.4, -0.2) is 81.3 Å². The third-order valence-corrected chi connectivity index (χ3v) is 8.65. The molecule has 0 aliphatic carbocycles. The summed E-state index contributed by atoms with van der Waals surface area (Å²) in [5.74, 6) is -0.811. The van der Waals surface area contributed by atoms with Crippen LogP contribution >= 0.6 is 23.2 Å². The maximum Gasteiger partial charge on any atom is 0.246 e. The lowest BCUT2D eigenvalue weighted by molar-refractivity contribution is -0.168. The molecule has 1 N–H and O–H groups in total. The number of benzene rings is 2. The lowest BCUT2D eigenvalue weighted by Crippen LogP contribution is -2.75. The van der Waals surface area contributed by atoms with Crippen molar-refractivity contribution in [3.8, 4) is 0 Å². The number of carbonyl (C=O) groups is 3. The highest BCUT2D eigenvalue weighted by Crippen LogP contribution is 2.33. The molecule has 0 spiro atoms. The molecule has 0 bridgehead atoms. The molecule has 4 unspecified atom stereocenters. The predicted molar refractivity (Wildman–Crippen MR) is 152 cm³/mol. The lowest BCUT2D eigenvalue weighted by Gasteiger charge is -2.54. The normalized spacial score (nSPS) is 21.9. The summed E-state index contributed by atoms with van der Waals surface area (Å²) in [5.41, 5.74) is 0.724. The summed E-state index contributed by atoms with van der Waals surface area (Å²) in [6, 6.07) is 9.01. The van der Waals surface area contributed by atoms with Crippen molar-refractivity contribution in [1.29, 1.82) is 0 Å². The van der Waals surface area contributed by atoms with Gasteiger partial charge in [-0.15, -0.1) is 0 Å². The zero-order valence-electron chi connectivity index (χ0n) is 22.7. The van der Waals surface area contributed by atoms with Gasteiger partial charge in [0.25, 0.3) is 0 Å². The number of nitrogens with one attached hydrogen (secondary N) is 1. The van der Waals surface area contributed by atoms with E-state index in [0.717, 1.165) is 5.56 Å². The second-order valence-corrected chi connectivity index (χ2v) is 11.2. The summed E-state index contributed by atoms with van der Waals surface area (Å²) in [4.78, 5) is 38.7. The summed E-state index contributed by atoms with van der Waals surface area (Å²) in [5, 5.41) is 3.68. The average molecular weight is 602 g/mol. The van der Waals surface area contributed by atoms with E-state index in [1.807, 2.05) is 34.5 Å². The van der Waals surface area contributed by atoms with Crippen molar-refractivity contribution < 1.29 is 23.0 Å². The van der Waals surface area contributed by atoms with E-state index in [4.69, 9.17) is 28.0 Å². The van der Waals surface area contributed by atoms with Gasteiger partial charge < -0.3 is 19.9 Å². The molecule has 39 heavy (non-hydrogen) atoms. The third kappa shape index (κ3) is 7.24. The Morgan fingerprint density at radius 1 is 1.05 bits per heavy atom. The van der Waals surface area contributed by atoms with Gasteiger partial charge in [-0.05, 0) is 56.8 Å². The molecule has 0 saturated carbocycles. The van der Waals surface area contributed by atoms with Gasteiger partial charge in [-0.25, -0.2) is 8.60 Å². The molecule has 214 valence electrons. The summed E-state index contributed by atoms with van der Waals surface area (Å²) in [6.07, 6.45) is -0.423. The maximum atomic E-state index is 13.8. The molecule has 2 aromatic carbocycles. The third-order valence-electron chi connectivity index (χ3n) is 6.44. The van der Waals surface area contributed by atoms with E-state index in [9.17, 15) is 18.2 Å². The Labute approximate surface area is 242 Å². The van der Waals surface area contributed by atoms with E-state index in [2.05, 4.69) is 5.32 Å². The quantitative estimate of drug-likeness (QED) is 0.543. The number of fused-ring (bicyclic) bond motifs is 1. The Morgan fingerprint density at radius 3 is 2.21 bits per heavy atom. The zero-order valence-corrected chi connectivity index (χ0v) is 25.0. The predicted octanol–water partition coefficient (Wildman–Crippen LogP) is 3.92. The average Bonchev–Trinajstić information content (AvgIpc) is 2.93. The van der Waals surface area contributed by atoms with Crippen molar-refractivity contribution in [3.05, 3.63) is 63.9 Å². The van der Waals surface area contributed by atoms with Crippen LogP contribution in [0.25, 0.3) is 0 Å². The smallest absolute Gasteiger partial charge is 0.246 e. The summed E-state index contributed by atoms with van der Waals surface area (Å²) in [6.45, 7) is 10.2. The molecule has 0 aromatic heterocycles. The van der Waals surface area contributed by atoms with Crippen LogP contribution < -0.4 is 5.32 Å². The van der Waals surface area contributed by atoms with Crippen LogP contribution in [0.1, 0.15) is 33.3 Å². The second kappa shape index (κ2) is 14.9. The first-order chi connectivity index (χ1) is 18.6. The first kappa shape index (κ1) is 32.8. The molecule has 2 aliphatic heterocycles. The number of hydrogen-bond donors (Lipinski definition) is 1. The fraction of sp³-hybridized carbons (Fsp3) is 0.444. The van der Waals surface area contributed by atoms with E-state index in [1.165, 1.54) is 23.1 Å². The monoisotopic (exact) mass is 600 g/mol. The van der Waals surface area contributed by atoms with Gasteiger partial charge in [-0.3, -0.25) is 9.59 Å². The van der Waals surface area contributed by atoms with Crippen molar-refractivity contribution in [3.63, 3.8) is 0 Å². The number of likely N-dealkylation sites (N-methyl/N-ethyl adjacent to an activating group) is 1. The van der Waals surface area contributed by atoms with E-state index < -0.39 is 29.2 Å². The van der Waals surface area contributed by atoms with Crippen LogP contribution in [0.2, 0.25) is 10.0 Å². The summed E-state index contributed by atoms with van der Waals surface area (Å²) < 4.78 is 29.0. The van der Waals surface area contributed by atoms with Gasteiger partial charge in [0.05, 0.1) is 16.5 Å². The van der Waals surface area contributed by atoms with E-state index in [1.54, 1.807) is 40.5 Å². The minimum Gasteiger partial charge on any atom is -0.335 e. The Hall–Kier alpha value is -2.37. The van der Waals surface area contributed by atoms with Crippen LogP contribution in [0.3, 0.4) is 0 Å². The Bertz CT molecular complexity index is 1170.